The van der Waals surface area contributed by atoms with E-state index in [1.807, 2.05) is 0 Å². The van der Waals surface area contributed by atoms with Crippen molar-refractivity contribution in [2.24, 2.45) is 0 Å². The van der Waals surface area contributed by atoms with Crippen LogP contribution in [-0.4, -0.2) is 76.3 Å². The summed E-state index contributed by atoms with van der Waals surface area (Å²) in [7, 11) is -4.96. The lowest BCUT2D eigenvalue weighted by molar-refractivity contribution is -0.0964. The summed E-state index contributed by atoms with van der Waals surface area (Å²) in [6, 6.07) is 1.08. The minimum absolute atomic E-state index is 0.529. The molecule has 4 unspecified atom stereocenters. The molecule has 0 amide bonds. The van der Waals surface area contributed by atoms with Gasteiger partial charge in [0, 0.05) is 26.5 Å². The Morgan fingerprint density at radius 3 is 2.42 bits per heavy atom. The molecule has 2 rings (SSSR count). The van der Waals surface area contributed by atoms with Gasteiger partial charge in [-0.3, -0.25) is 32.9 Å². The van der Waals surface area contributed by atoms with Crippen LogP contribution in [0.25, 0.3) is 0 Å². The van der Waals surface area contributed by atoms with Gasteiger partial charge in [0.2, 0.25) is 0 Å². The maximum absolute atomic E-state index is 12.4. The third-order valence-electron chi connectivity index (χ3n) is 4.28. The smallest absolute Gasteiger partial charge is 0.374 e. The zero-order chi connectivity index (χ0) is 23.6. The average molecular weight is 487 g/mol. The summed E-state index contributed by atoms with van der Waals surface area (Å²) < 4.78 is 51.5. The van der Waals surface area contributed by atoms with Gasteiger partial charge in [-0.2, -0.15) is 0 Å². The molecular weight excluding hydrogens is 460 g/mol. The first-order valence-electron chi connectivity index (χ1n) is 9.07. The second-order valence-corrected chi connectivity index (χ2v) is 10.3. The summed E-state index contributed by atoms with van der Waals surface area (Å²) in [4.78, 5) is 46.9. The Balaban J connectivity index is 2.46. The molecule has 0 bridgehead atoms. The molecule has 0 aromatic carbocycles. The molecule has 6 atom stereocenters. The van der Waals surface area contributed by atoms with Gasteiger partial charge in [-0.1, -0.05) is 0 Å². The highest BCUT2D eigenvalue weighted by Crippen LogP contribution is 2.51. The topological polar surface area (TPSA) is 179 Å². The average Bonchev–Trinajstić information content (AvgIpc) is 2.97. The van der Waals surface area contributed by atoms with E-state index in [0.29, 0.717) is 0 Å². The molecule has 3 N–H and O–H groups in total. The van der Waals surface area contributed by atoms with Gasteiger partial charge in [-0.15, -0.1) is 0 Å². The van der Waals surface area contributed by atoms with Crippen LogP contribution in [-0.2, 0) is 32.2 Å². The van der Waals surface area contributed by atoms with Crippen molar-refractivity contribution < 1.29 is 42.0 Å². The largest absolute Gasteiger partial charge is 0.472 e. The van der Waals surface area contributed by atoms with Gasteiger partial charge in [0.25, 0.3) is 5.56 Å². The number of nitrogens with one attached hydrogen (secondary N) is 1. The van der Waals surface area contributed by atoms with Crippen LogP contribution in [0.5, 0.6) is 0 Å². The molecule has 0 saturated carbocycles. The van der Waals surface area contributed by atoms with Crippen LogP contribution >= 0.6 is 15.4 Å². The zero-order valence-corrected chi connectivity index (χ0v) is 19.4. The van der Waals surface area contributed by atoms with Crippen LogP contribution in [0.1, 0.15) is 20.1 Å². The predicted octanol–water partition coefficient (Wildman–Crippen LogP) is 0.0382. The molecule has 31 heavy (non-hydrogen) atoms. The summed E-state index contributed by atoms with van der Waals surface area (Å²) in [5, 5.41) is 0. The van der Waals surface area contributed by atoms with Crippen LogP contribution < -0.4 is 11.2 Å². The minimum Gasteiger partial charge on any atom is -0.374 e. The Bertz CT molecular complexity index is 964. The van der Waals surface area contributed by atoms with Crippen molar-refractivity contribution in [1.82, 2.24) is 14.5 Å². The highest BCUT2D eigenvalue weighted by Gasteiger charge is 2.52. The predicted molar refractivity (Wildman–Crippen MR) is 106 cm³/mol. The highest BCUT2D eigenvalue weighted by atomic mass is 31.2. The Kier molecular flexibility index (Phi) is 8.56. The fourth-order valence-corrected chi connectivity index (χ4v) is 5.01. The lowest BCUT2D eigenvalue weighted by atomic mass is 10.2. The van der Waals surface area contributed by atoms with Gasteiger partial charge in [0.05, 0.1) is 6.10 Å². The summed E-state index contributed by atoms with van der Waals surface area (Å²) in [6.45, 7) is 3.05. The van der Waals surface area contributed by atoms with Crippen LogP contribution in [0.15, 0.2) is 21.9 Å². The summed E-state index contributed by atoms with van der Waals surface area (Å²) in [6.07, 6.45) is -4.96. The van der Waals surface area contributed by atoms with Crippen LogP contribution in [0.3, 0.4) is 0 Å². The van der Waals surface area contributed by atoms with E-state index in [1.165, 1.54) is 32.9 Å². The summed E-state index contributed by atoms with van der Waals surface area (Å²) in [5.74, 6) is 0. The number of methoxy groups -OCH3 is 1. The van der Waals surface area contributed by atoms with Gasteiger partial charge in [-0.05, 0) is 20.9 Å². The first-order chi connectivity index (χ1) is 14.3. The molecule has 1 aromatic heterocycles. The summed E-state index contributed by atoms with van der Waals surface area (Å²) in [5.41, 5.74) is -1.46. The number of H-pyrrole nitrogens is 1. The molecule has 1 aromatic rings. The van der Waals surface area contributed by atoms with E-state index in [9.17, 15) is 28.5 Å². The molecule has 178 valence electrons. The molecule has 1 aliphatic rings. The number of hydrogen-bond acceptors (Lipinski definition) is 10. The quantitative estimate of drug-likeness (QED) is 0.378. The molecule has 2 heterocycles. The maximum Gasteiger partial charge on any atom is 0.472 e. The van der Waals surface area contributed by atoms with Gasteiger partial charge < -0.3 is 23.8 Å². The monoisotopic (exact) mass is 487 g/mol. The molecule has 0 radical (unpaired) electrons. The number of nitrogens with zero attached hydrogens (tertiary/aromatic N) is 2. The number of aromatic amines is 1. The maximum atomic E-state index is 12.4. The van der Waals surface area contributed by atoms with E-state index in [2.05, 4.69) is 9.51 Å². The van der Waals surface area contributed by atoms with E-state index in [-0.39, 0.29) is 0 Å². The number of phosphoric acid groups is 1. The second kappa shape index (κ2) is 10.2. The first kappa shape index (κ1) is 26.1. The molecule has 1 saturated heterocycles. The molecule has 1 aliphatic heterocycles. The fraction of sp³-hybridized carbons (Fsp3) is 0.733. The van der Waals surface area contributed by atoms with Crippen molar-refractivity contribution in [3.05, 3.63) is 33.1 Å². The van der Waals surface area contributed by atoms with Crippen molar-refractivity contribution >= 4 is 15.4 Å². The number of phosphoric ester groups is 1. The van der Waals surface area contributed by atoms with E-state index >= 15 is 0 Å². The zero-order valence-electron chi connectivity index (χ0n) is 17.6. The molecule has 0 aliphatic carbocycles. The Morgan fingerprint density at radius 1 is 1.26 bits per heavy atom. The number of ether oxygens (including phenoxy) is 2. The number of likely N-dealkylation sites (N-methyl/N-ethyl adjacent to an activating group) is 1. The van der Waals surface area contributed by atoms with Crippen molar-refractivity contribution in [2.75, 3.05) is 27.6 Å². The van der Waals surface area contributed by atoms with Gasteiger partial charge >= 0.3 is 21.1 Å². The van der Waals surface area contributed by atoms with Crippen LogP contribution in [0.2, 0.25) is 0 Å². The standard InChI is InChI=1S/C15H27N3O11P2/c1-9(2)28-31(23,24)29-12-11(25-4)14(18-7-6-10(19)16-15(18)20)27-13(12)17(3)8-30(21,22)26-5/h6-7,9,11-14H,8H2,1-5H3,(H,21,22)(H,23,24)(H,16,19,20)/t11?,12?,13-,14+/m0/s1. The van der Waals surface area contributed by atoms with Crippen LogP contribution in [0, 0.1) is 0 Å². The molecule has 0 spiro atoms. The van der Waals surface area contributed by atoms with Crippen molar-refractivity contribution in [1.29, 1.82) is 0 Å². The number of aromatic nitrogens is 2. The van der Waals surface area contributed by atoms with Crippen LogP contribution in [0.4, 0.5) is 0 Å². The number of hydrogen-bond donors (Lipinski definition) is 3. The van der Waals surface area contributed by atoms with E-state index < -0.39 is 63.7 Å². The third kappa shape index (κ3) is 6.65. The lowest BCUT2D eigenvalue weighted by Crippen LogP contribution is -2.44. The van der Waals surface area contributed by atoms with Crippen molar-refractivity contribution in [2.45, 2.75) is 44.6 Å². The normalized spacial score (nSPS) is 28.0. The highest BCUT2D eigenvalue weighted by molar-refractivity contribution is 7.52. The number of rotatable bonds is 10. The Hall–Kier alpha value is -1.18. The Labute approximate surface area is 177 Å². The Morgan fingerprint density at radius 2 is 1.90 bits per heavy atom. The summed E-state index contributed by atoms with van der Waals surface area (Å²) >= 11 is 0. The van der Waals surface area contributed by atoms with E-state index in [0.717, 1.165) is 23.9 Å². The minimum atomic E-state index is -4.62. The van der Waals surface area contributed by atoms with Gasteiger partial charge in [0.1, 0.15) is 24.7 Å². The second-order valence-electron chi connectivity index (χ2n) is 7.05. The van der Waals surface area contributed by atoms with Gasteiger partial charge in [-0.25, -0.2) is 9.36 Å². The van der Waals surface area contributed by atoms with E-state index in [4.69, 9.17) is 18.5 Å². The molecule has 1 fully saturated rings. The first-order valence-corrected chi connectivity index (χ1v) is 12.3. The van der Waals surface area contributed by atoms with Gasteiger partial charge in [0.15, 0.2) is 6.23 Å². The SMILES string of the molecule is COC1C(OP(=O)(O)OC(C)C)[C@@H](N(C)CP(=O)(O)OC)O[C@H]1n1ccc(=O)[nH]c1=O. The van der Waals surface area contributed by atoms with Crippen molar-refractivity contribution in [3.8, 4) is 0 Å². The molecular formula is C15H27N3O11P2. The molecule has 16 heteroatoms. The third-order valence-corrected chi connectivity index (χ3v) is 6.85. The van der Waals surface area contributed by atoms with Crippen molar-refractivity contribution in [3.63, 3.8) is 0 Å². The lowest BCUT2D eigenvalue weighted by Gasteiger charge is -2.30. The molecule has 14 nitrogen and oxygen atoms in total. The van der Waals surface area contributed by atoms with E-state index in [1.54, 1.807) is 0 Å². The fourth-order valence-electron chi connectivity index (χ4n) is 3.06.